The van der Waals surface area contributed by atoms with Gasteiger partial charge in [-0.3, -0.25) is 4.79 Å². The molecule has 1 saturated heterocycles. The minimum absolute atomic E-state index is 0.0305. The average Bonchev–Trinajstić information content (AvgIpc) is 2.83. The predicted octanol–water partition coefficient (Wildman–Crippen LogP) is 3.43. The van der Waals surface area contributed by atoms with E-state index in [9.17, 15) is 4.79 Å². The number of rotatable bonds is 0. The second-order valence-corrected chi connectivity index (χ2v) is 6.24. The summed E-state index contributed by atoms with van der Waals surface area (Å²) < 4.78 is 5.83. The fourth-order valence-electron chi connectivity index (χ4n) is 2.42. The van der Waals surface area contributed by atoms with E-state index in [2.05, 4.69) is 20.8 Å². The fraction of sp³-hybridized carbons (Fsp3) is 0.667. The van der Waals surface area contributed by atoms with Gasteiger partial charge >= 0.3 is 0 Å². The fourth-order valence-corrected chi connectivity index (χ4v) is 2.42. The smallest absolute Gasteiger partial charge is 0.180 e. The Labute approximate surface area is 104 Å². The van der Waals surface area contributed by atoms with Crippen molar-refractivity contribution < 1.29 is 9.53 Å². The SMILES string of the molecule is CC1=CCC[C@]2(C)O[C@H]2CC(C)(C)C=CC1=O. The van der Waals surface area contributed by atoms with Gasteiger partial charge in [0.15, 0.2) is 5.78 Å². The van der Waals surface area contributed by atoms with Crippen LogP contribution in [0.5, 0.6) is 0 Å². The van der Waals surface area contributed by atoms with Gasteiger partial charge in [0.1, 0.15) is 0 Å². The van der Waals surface area contributed by atoms with Crippen molar-refractivity contribution in [2.24, 2.45) is 5.41 Å². The average molecular weight is 234 g/mol. The maximum atomic E-state index is 11.8. The Morgan fingerprint density at radius 3 is 2.76 bits per heavy atom. The van der Waals surface area contributed by atoms with Crippen LogP contribution in [0.1, 0.15) is 47.0 Å². The molecule has 0 spiro atoms. The van der Waals surface area contributed by atoms with Gasteiger partial charge in [0.05, 0.1) is 11.7 Å². The summed E-state index contributed by atoms with van der Waals surface area (Å²) in [6.07, 6.45) is 9.07. The number of fused-ring (bicyclic) bond motifs is 1. The van der Waals surface area contributed by atoms with Crippen LogP contribution < -0.4 is 0 Å². The molecule has 0 aromatic heterocycles. The van der Waals surface area contributed by atoms with Crippen molar-refractivity contribution in [3.8, 4) is 0 Å². The van der Waals surface area contributed by atoms with E-state index in [4.69, 9.17) is 4.74 Å². The molecule has 0 aromatic carbocycles. The summed E-state index contributed by atoms with van der Waals surface area (Å²) in [6.45, 7) is 8.40. The highest BCUT2D eigenvalue weighted by atomic mass is 16.6. The Morgan fingerprint density at radius 1 is 1.35 bits per heavy atom. The van der Waals surface area contributed by atoms with E-state index in [0.29, 0.717) is 6.10 Å². The number of hydrogen-bond donors (Lipinski definition) is 0. The van der Waals surface area contributed by atoms with Crippen molar-refractivity contribution in [3.05, 3.63) is 23.8 Å². The Morgan fingerprint density at radius 2 is 2.06 bits per heavy atom. The van der Waals surface area contributed by atoms with Gasteiger partial charge in [-0.2, -0.15) is 0 Å². The maximum Gasteiger partial charge on any atom is 0.180 e. The van der Waals surface area contributed by atoms with Crippen molar-refractivity contribution in [1.29, 1.82) is 0 Å². The number of carbonyl (C=O) groups is 1. The summed E-state index contributed by atoms with van der Waals surface area (Å²) >= 11 is 0. The molecule has 17 heavy (non-hydrogen) atoms. The first-order valence-electron chi connectivity index (χ1n) is 6.41. The van der Waals surface area contributed by atoms with Crippen LogP contribution in [0.2, 0.25) is 0 Å². The number of ketones is 1. The molecule has 1 fully saturated rings. The summed E-state index contributed by atoms with van der Waals surface area (Å²) in [5.74, 6) is 0.139. The van der Waals surface area contributed by atoms with Crippen LogP contribution in [-0.2, 0) is 9.53 Å². The van der Waals surface area contributed by atoms with Gasteiger partial charge in [-0.05, 0) is 50.2 Å². The third-order valence-corrected chi connectivity index (χ3v) is 3.91. The molecule has 0 amide bonds. The van der Waals surface area contributed by atoms with Crippen LogP contribution in [-0.4, -0.2) is 17.5 Å². The molecule has 0 unspecified atom stereocenters. The number of ether oxygens (including phenoxy) is 1. The first-order valence-corrected chi connectivity index (χ1v) is 6.41. The Bertz CT molecular complexity index is 390. The van der Waals surface area contributed by atoms with Crippen LogP contribution in [0.25, 0.3) is 0 Å². The molecule has 0 aromatic rings. The van der Waals surface area contributed by atoms with Gasteiger partial charge in [0, 0.05) is 0 Å². The minimum Gasteiger partial charge on any atom is -0.366 e. The van der Waals surface area contributed by atoms with Crippen molar-refractivity contribution in [3.63, 3.8) is 0 Å². The normalized spacial score (nSPS) is 36.8. The van der Waals surface area contributed by atoms with Crippen LogP contribution >= 0.6 is 0 Å². The number of allylic oxidation sites excluding steroid dienone is 4. The lowest BCUT2D eigenvalue weighted by Gasteiger charge is -2.19. The zero-order valence-electron chi connectivity index (χ0n) is 11.2. The van der Waals surface area contributed by atoms with Crippen molar-refractivity contribution in [2.75, 3.05) is 0 Å². The lowest BCUT2D eigenvalue weighted by molar-refractivity contribution is -0.111. The standard InChI is InChI=1S/C15H22O2/c1-11-6-5-8-15(4)13(17-15)10-14(2,3)9-7-12(11)16/h6-7,9,13H,5,8,10H2,1-4H3/t13-,15-/m0/s1. The summed E-state index contributed by atoms with van der Waals surface area (Å²) in [5, 5.41) is 0. The molecule has 2 rings (SSSR count). The highest BCUT2D eigenvalue weighted by Gasteiger charge is 2.52. The summed E-state index contributed by atoms with van der Waals surface area (Å²) in [4.78, 5) is 11.8. The minimum atomic E-state index is 0.0305. The Kier molecular flexibility index (Phi) is 3.03. The molecule has 0 bridgehead atoms. The van der Waals surface area contributed by atoms with Crippen LogP contribution in [0.3, 0.4) is 0 Å². The van der Waals surface area contributed by atoms with E-state index < -0.39 is 0 Å². The first kappa shape index (κ1) is 12.6. The van der Waals surface area contributed by atoms with Gasteiger partial charge in [-0.1, -0.05) is 26.0 Å². The zero-order chi connectivity index (χ0) is 12.7. The van der Waals surface area contributed by atoms with Gasteiger partial charge < -0.3 is 4.74 Å². The molecule has 94 valence electrons. The Hall–Kier alpha value is -0.890. The van der Waals surface area contributed by atoms with E-state index in [1.807, 2.05) is 19.1 Å². The molecule has 1 aliphatic carbocycles. The second kappa shape index (κ2) is 4.09. The van der Waals surface area contributed by atoms with Gasteiger partial charge in [0.2, 0.25) is 0 Å². The molecule has 2 atom stereocenters. The van der Waals surface area contributed by atoms with E-state index >= 15 is 0 Å². The molecule has 0 radical (unpaired) electrons. The number of epoxide rings is 1. The van der Waals surface area contributed by atoms with Gasteiger partial charge in [0.25, 0.3) is 0 Å². The highest BCUT2D eigenvalue weighted by molar-refractivity contribution is 6.03. The number of hydrogen-bond acceptors (Lipinski definition) is 2. The van der Waals surface area contributed by atoms with E-state index in [1.54, 1.807) is 6.08 Å². The first-order chi connectivity index (χ1) is 7.82. The third-order valence-electron chi connectivity index (χ3n) is 3.91. The molecular weight excluding hydrogens is 212 g/mol. The monoisotopic (exact) mass is 234 g/mol. The molecule has 0 N–H and O–H groups in total. The topological polar surface area (TPSA) is 29.6 Å². The Balaban J connectivity index is 2.21. The second-order valence-electron chi connectivity index (χ2n) is 6.24. The molecule has 0 saturated carbocycles. The predicted molar refractivity (Wildman–Crippen MR) is 68.8 cm³/mol. The molecule has 2 aliphatic rings. The van der Waals surface area contributed by atoms with Crippen LogP contribution in [0, 0.1) is 5.41 Å². The lowest BCUT2D eigenvalue weighted by Crippen LogP contribution is -2.17. The maximum absolute atomic E-state index is 11.8. The van der Waals surface area contributed by atoms with Crippen molar-refractivity contribution >= 4 is 5.78 Å². The molecular formula is C15H22O2. The summed E-state index contributed by atoms with van der Waals surface area (Å²) in [6, 6.07) is 0. The van der Waals surface area contributed by atoms with Crippen molar-refractivity contribution in [2.45, 2.75) is 58.7 Å². The van der Waals surface area contributed by atoms with Gasteiger partial charge in [-0.15, -0.1) is 0 Å². The quantitative estimate of drug-likeness (QED) is 0.601. The molecule has 1 heterocycles. The third kappa shape index (κ3) is 2.86. The molecule has 2 heteroatoms. The summed E-state index contributed by atoms with van der Waals surface area (Å²) in [5.41, 5.74) is 0.914. The number of carbonyl (C=O) groups excluding carboxylic acids is 1. The molecule has 2 nitrogen and oxygen atoms in total. The molecule has 1 aliphatic heterocycles. The van der Waals surface area contributed by atoms with E-state index in [0.717, 1.165) is 24.8 Å². The summed E-state index contributed by atoms with van der Waals surface area (Å²) in [7, 11) is 0. The van der Waals surface area contributed by atoms with E-state index in [-0.39, 0.29) is 16.8 Å². The largest absolute Gasteiger partial charge is 0.366 e. The zero-order valence-corrected chi connectivity index (χ0v) is 11.2. The lowest BCUT2D eigenvalue weighted by atomic mass is 9.84. The van der Waals surface area contributed by atoms with Crippen molar-refractivity contribution in [1.82, 2.24) is 0 Å². The van der Waals surface area contributed by atoms with Crippen LogP contribution in [0.4, 0.5) is 0 Å². The van der Waals surface area contributed by atoms with Crippen LogP contribution in [0.15, 0.2) is 23.8 Å². The van der Waals surface area contributed by atoms with E-state index in [1.165, 1.54) is 0 Å². The highest BCUT2D eigenvalue weighted by Crippen LogP contribution is 2.46. The van der Waals surface area contributed by atoms with Gasteiger partial charge in [-0.25, -0.2) is 0 Å².